The Morgan fingerprint density at radius 2 is 1.91 bits per heavy atom. The van der Waals surface area contributed by atoms with Crippen LogP contribution in [0.2, 0.25) is 0 Å². The van der Waals surface area contributed by atoms with E-state index in [1.807, 2.05) is 0 Å². The Morgan fingerprint density at radius 3 is 2.91 bits per heavy atom. The molecule has 1 heterocycles. The molecule has 1 aromatic carbocycles. The number of allylic oxidation sites excluding steroid dienone is 2. The van der Waals surface area contributed by atoms with Crippen LogP contribution in [0.3, 0.4) is 0 Å². The second-order valence-corrected chi connectivity index (χ2v) is 6.96. The minimum absolute atomic E-state index is 0.593. The van der Waals surface area contributed by atoms with Crippen molar-refractivity contribution in [2.75, 3.05) is 0 Å². The van der Waals surface area contributed by atoms with Gasteiger partial charge >= 0.3 is 78.3 Å². The zero-order valence-corrected chi connectivity index (χ0v) is 10.0. The molecule has 0 atom stereocenters. The molecule has 1 aromatic rings. The van der Waals surface area contributed by atoms with Gasteiger partial charge in [0.25, 0.3) is 0 Å². The molecule has 0 N–H and O–H groups in total. The zero-order valence-electron chi connectivity index (χ0n) is 6.12. The molecule has 0 nitrogen and oxygen atoms in total. The fourth-order valence-electron chi connectivity index (χ4n) is 1.13. The molecule has 0 aromatic heterocycles. The summed E-state index contributed by atoms with van der Waals surface area (Å²) in [6.45, 7) is 0. The van der Waals surface area contributed by atoms with Gasteiger partial charge in [-0.1, -0.05) is 0 Å². The van der Waals surface area contributed by atoms with Crippen molar-refractivity contribution in [1.82, 2.24) is 0 Å². The van der Waals surface area contributed by atoms with Crippen molar-refractivity contribution in [3.05, 3.63) is 45.8 Å². The summed E-state index contributed by atoms with van der Waals surface area (Å²) in [7, 11) is 0. The second-order valence-electron chi connectivity index (χ2n) is 2.45. The van der Waals surface area contributed by atoms with Crippen LogP contribution in [0.5, 0.6) is 0 Å². The Bertz CT molecular complexity index is 310. The number of benzene rings is 1. The standard InChI is InChI=1S/C10H8.Bi.H/c1-2-3-7-10-8-5-4-6-9-10;;/h1-8H;;. The Kier molecular flexibility index (Phi) is 2.19. The van der Waals surface area contributed by atoms with Gasteiger partial charge in [0, 0.05) is 0 Å². The predicted octanol–water partition coefficient (Wildman–Crippen LogP) is 1.29. The van der Waals surface area contributed by atoms with E-state index in [0.29, 0.717) is 0 Å². The molecule has 0 radical (unpaired) electrons. The molecule has 0 fully saturated rings. The van der Waals surface area contributed by atoms with E-state index in [9.17, 15) is 0 Å². The molecule has 0 saturated carbocycles. The van der Waals surface area contributed by atoms with Gasteiger partial charge in [-0.2, -0.15) is 0 Å². The van der Waals surface area contributed by atoms with E-state index < -0.39 is 23.2 Å². The van der Waals surface area contributed by atoms with Gasteiger partial charge in [-0.05, 0) is 0 Å². The van der Waals surface area contributed by atoms with Crippen molar-refractivity contribution in [2.45, 2.75) is 0 Å². The Balaban J connectivity index is 2.52. The maximum absolute atomic E-state index is 2.38. The summed E-state index contributed by atoms with van der Waals surface area (Å²) < 4.78 is 3.99. The summed E-state index contributed by atoms with van der Waals surface area (Å²) in [4.78, 5) is 0. The number of hydrogen-bond acceptors (Lipinski definition) is 0. The average molecular weight is 338 g/mol. The van der Waals surface area contributed by atoms with Crippen molar-refractivity contribution >= 4 is 32.6 Å². The first-order chi connectivity index (χ1) is 5.47. The van der Waals surface area contributed by atoms with Crippen LogP contribution >= 0.6 is 0 Å². The van der Waals surface area contributed by atoms with Crippen LogP contribution in [0, 0.1) is 0 Å². The van der Waals surface area contributed by atoms with E-state index >= 15 is 0 Å². The van der Waals surface area contributed by atoms with Crippen molar-refractivity contribution in [2.24, 2.45) is 0 Å². The van der Waals surface area contributed by atoms with E-state index in [1.54, 1.807) is 3.27 Å². The maximum atomic E-state index is 2.38. The van der Waals surface area contributed by atoms with E-state index in [-0.39, 0.29) is 0 Å². The summed E-state index contributed by atoms with van der Waals surface area (Å²) >= 11 is -0.593. The van der Waals surface area contributed by atoms with E-state index in [4.69, 9.17) is 0 Å². The topological polar surface area (TPSA) is 0 Å². The molecule has 0 spiro atoms. The molecule has 2 rings (SSSR count). The van der Waals surface area contributed by atoms with Gasteiger partial charge in [-0.3, -0.25) is 0 Å². The molecular weight excluding hydrogens is 329 g/mol. The summed E-state index contributed by atoms with van der Waals surface area (Å²) in [5.74, 6) is 0. The van der Waals surface area contributed by atoms with Gasteiger partial charge in [0.05, 0.1) is 0 Å². The third-order valence-electron chi connectivity index (χ3n) is 1.68. The van der Waals surface area contributed by atoms with Crippen LogP contribution in [0.1, 0.15) is 5.56 Å². The van der Waals surface area contributed by atoms with E-state index in [0.717, 1.165) is 0 Å². The summed E-state index contributed by atoms with van der Waals surface area (Å²) in [6, 6.07) is 8.71. The molecule has 0 bridgehead atoms. The monoisotopic (exact) mass is 338 g/mol. The van der Waals surface area contributed by atoms with Gasteiger partial charge in [-0.15, -0.1) is 0 Å². The predicted molar refractivity (Wildman–Crippen MR) is 51.4 cm³/mol. The van der Waals surface area contributed by atoms with Crippen molar-refractivity contribution in [3.8, 4) is 0 Å². The Labute approximate surface area is 78.2 Å². The average Bonchev–Trinajstić information content (AvgIpc) is 2.28. The SMILES string of the molecule is C1=[CH][BiH][c]2ccccc2C=C1. The van der Waals surface area contributed by atoms with Gasteiger partial charge in [0.15, 0.2) is 0 Å². The molecular formula is C10H9Bi. The molecule has 1 heteroatoms. The van der Waals surface area contributed by atoms with Crippen LogP contribution in [0.25, 0.3) is 6.08 Å². The number of rotatable bonds is 0. The zero-order chi connectivity index (χ0) is 7.52. The molecule has 11 heavy (non-hydrogen) atoms. The van der Waals surface area contributed by atoms with Crippen LogP contribution < -0.4 is 3.27 Å². The van der Waals surface area contributed by atoms with E-state index in [1.165, 1.54) is 5.56 Å². The fraction of sp³-hybridized carbons (Fsp3) is 0. The molecule has 0 amide bonds. The van der Waals surface area contributed by atoms with Crippen LogP contribution in [0.4, 0.5) is 0 Å². The fourth-order valence-corrected chi connectivity index (χ4v) is 4.67. The molecule has 0 aliphatic carbocycles. The quantitative estimate of drug-likeness (QED) is 0.626. The van der Waals surface area contributed by atoms with Crippen molar-refractivity contribution < 1.29 is 0 Å². The second kappa shape index (κ2) is 3.32. The Morgan fingerprint density at radius 1 is 1.00 bits per heavy atom. The van der Waals surface area contributed by atoms with Gasteiger partial charge in [0.2, 0.25) is 0 Å². The summed E-state index contributed by atoms with van der Waals surface area (Å²) in [6.07, 6.45) is 6.52. The van der Waals surface area contributed by atoms with Crippen molar-refractivity contribution in [1.29, 1.82) is 0 Å². The number of fused-ring (bicyclic) bond motifs is 1. The Hall–Kier alpha value is -0.417. The van der Waals surface area contributed by atoms with Gasteiger partial charge in [-0.25, -0.2) is 0 Å². The van der Waals surface area contributed by atoms with E-state index in [2.05, 4.69) is 46.3 Å². The van der Waals surface area contributed by atoms with Crippen molar-refractivity contribution in [3.63, 3.8) is 0 Å². The number of hydrogen-bond donors (Lipinski definition) is 0. The molecule has 54 valence electrons. The summed E-state index contributed by atoms with van der Waals surface area (Å²) in [5, 5.41) is 0. The van der Waals surface area contributed by atoms with Gasteiger partial charge in [0.1, 0.15) is 0 Å². The molecule has 0 saturated heterocycles. The molecule has 1 aliphatic heterocycles. The third kappa shape index (κ3) is 1.60. The first-order valence-electron chi connectivity index (χ1n) is 3.65. The first kappa shape index (κ1) is 7.24. The van der Waals surface area contributed by atoms with Crippen LogP contribution in [-0.4, -0.2) is 23.2 Å². The first-order valence-corrected chi connectivity index (χ1v) is 7.84. The van der Waals surface area contributed by atoms with Gasteiger partial charge < -0.3 is 0 Å². The molecule has 0 unspecified atom stereocenters. The normalized spacial score (nSPS) is 14.2. The van der Waals surface area contributed by atoms with Crippen LogP contribution in [-0.2, 0) is 0 Å². The summed E-state index contributed by atoms with van der Waals surface area (Å²) in [5.41, 5.74) is 1.43. The third-order valence-corrected chi connectivity index (χ3v) is 6.06. The molecule has 1 aliphatic rings. The minimum atomic E-state index is -0.593. The van der Waals surface area contributed by atoms with Crippen LogP contribution in [0.15, 0.2) is 40.2 Å².